The van der Waals surface area contributed by atoms with Gasteiger partial charge in [-0.05, 0) is 19.3 Å². The van der Waals surface area contributed by atoms with Crippen LogP contribution in [0, 0.1) is 5.92 Å². The van der Waals surface area contributed by atoms with Gasteiger partial charge in [-0.1, -0.05) is 6.92 Å². The molecule has 0 saturated heterocycles. The van der Waals surface area contributed by atoms with E-state index < -0.39 is 0 Å². The van der Waals surface area contributed by atoms with Crippen molar-refractivity contribution in [2.24, 2.45) is 5.92 Å². The van der Waals surface area contributed by atoms with E-state index >= 15 is 0 Å². The van der Waals surface area contributed by atoms with E-state index in [1.165, 1.54) is 0 Å². The lowest BCUT2D eigenvalue weighted by atomic mass is 10.0. The molecule has 2 unspecified atom stereocenters. The number of aliphatic hydroxyl groups is 2. The second-order valence-electron chi connectivity index (χ2n) is 2.84. The van der Waals surface area contributed by atoms with Crippen LogP contribution < -0.4 is 0 Å². The normalized spacial score (nSPS) is 16.4. The molecule has 0 aromatic carbocycles. The van der Waals surface area contributed by atoms with Gasteiger partial charge in [0.15, 0.2) is 0 Å². The Morgan fingerprint density at radius 3 is 2.36 bits per heavy atom. The van der Waals surface area contributed by atoms with Gasteiger partial charge in [0, 0.05) is 6.61 Å². The summed E-state index contributed by atoms with van der Waals surface area (Å²) in [6, 6.07) is 0. The van der Waals surface area contributed by atoms with Gasteiger partial charge in [-0.2, -0.15) is 0 Å². The van der Waals surface area contributed by atoms with E-state index in [0.29, 0.717) is 13.2 Å². The zero-order valence-electron chi connectivity index (χ0n) is 7.29. The summed E-state index contributed by atoms with van der Waals surface area (Å²) in [6.07, 6.45) is 0.574. The van der Waals surface area contributed by atoms with Crippen LogP contribution in [0.3, 0.4) is 0 Å². The molecule has 0 radical (unpaired) electrons. The standard InChI is InChI=1S/C8H18O3/c1-7(8(2)10)3-5-11-6-4-9/h7-10H,3-6H2,1-2H3. The fraction of sp³-hybridized carbons (Fsp3) is 1.00. The molecule has 3 nitrogen and oxygen atoms in total. The predicted molar refractivity (Wildman–Crippen MR) is 43.4 cm³/mol. The first-order chi connectivity index (χ1) is 5.18. The van der Waals surface area contributed by atoms with E-state index in [1.54, 1.807) is 6.92 Å². The van der Waals surface area contributed by atoms with Crippen molar-refractivity contribution < 1.29 is 14.9 Å². The van der Waals surface area contributed by atoms with Crippen molar-refractivity contribution in [1.29, 1.82) is 0 Å². The molecule has 0 saturated carbocycles. The monoisotopic (exact) mass is 162 g/mol. The summed E-state index contributed by atoms with van der Waals surface area (Å²) < 4.78 is 5.04. The van der Waals surface area contributed by atoms with Crippen LogP contribution in [0.15, 0.2) is 0 Å². The van der Waals surface area contributed by atoms with E-state index in [1.807, 2.05) is 6.92 Å². The quantitative estimate of drug-likeness (QED) is 0.556. The van der Waals surface area contributed by atoms with Gasteiger partial charge < -0.3 is 14.9 Å². The molecule has 2 N–H and O–H groups in total. The van der Waals surface area contributed by atoms with E-state index in [-0.39, 0.29) is 18.6 Å². The molecule has 0 aromatic rings. The predicted octanol–water partition coefficient (Wildman–Crippen LogP) is 0.402. The molecule has 0 spiro atoms. The maximum absolute atomic E-state index is 9.07. The summed E-state index contributed by atoms with van der Waals surface area (Å²) in [4.78, 5) is 0. The number of hydrogen-bond donors (Lipinski definition) is 2. The van der Waals surface area contributed by atoms with Crippen molar-refractivity contribution in [2.45, 2.75) is 26.4 Å². The minimum Gasteiger partial charge on any atom is -0.394 e. The molecule has 0 aliphatic rings. The Hall–Kier alpha value is -0.120. The lowest BCUT2D eigenvalue weighted by Gasteiger charge is -2.13. The molecule has 0 amide bonds. The largest absolute Gasteiger partial charge is 0.394 e. The average molecular weight is 162 g/mol. The first-order valence-electron chi connectivity index (χ1n) is 4.05. The molecule has 11 heavy (non-hydrogen) atoms. The molecular formula is C8H18O3. The van der Waals surface area contributed by atoms with Crippen molar-refractivity contribution in [3.63, 3.8) is 0 Å². The summed E-state index contributed by atoms with van der Waals surface area (Å²) in [5.41, 5.74) is 0. The van der Waals surface area contributed by atoms with Crippen LogP contribution in [-0.2, 0) is 4.74 Å². The maximum Gasteiger partial charge on any atom is 0.0697 e. The van der Waals surface area contributed by atoms with Gasteiger partial charge >= 0.3 is 0 Å². The Morgan fingerprint density at radius 1 is 1.27 bits per heavy atom. The smallest absolute Gasteiger partial charge is 0.0697 e. The van der Waals surface area contributed by atoms with Crippen LogP contribution in [0.5, 0.6) is 0 Å². The lowest BCUT2D eigenvalue weighted by molar-refractivity contribution is 0.0625. The van der Waals surface area contributed by atoms with E-state index in [0.717, 1.165) is 6.42 Å². The molecule has 0 bridgehead atoms. The number of hydrogen-bond acceptors (Lipinski definition) is 3. The third-order valence-corrected chi connectivity index (χ3v) is 1.78. The highest BCUT2D eigenvalue weighted by Crippen LogP contribution is 2.06. The molecule has 0 rings (SSSR count). The van der Waals surface area contributed by atoms with Crippen molar-refractivity contribution in [2.75, 3.05) is 19.8 Å². The number of ether oxygens (including phenoxy) is 1. The van der Waals surface area contributed by atoms with Crippen molar-refractivity contribution >= 4 is 0 Å². The highest BCUT2D eigenvalue weighted by atomic mass is 16.5. The fourth-order valence-electron chi connectivity index (χ4n) is 0.677. The molecular weight excluding hydrogens is 144 g/mol. The number of aliphatic hydroxyl groups excluding tert-OH is 2. The van der Waals surface area contributed by atoms with Gasteiger partial charge in [0.1, 0.15) is 0 Å². The highest BCUT2D eigenvalue weighted by molar-refractivity contribution is 4.57. The summed E-state index contributed by atoms with van der Waals surface area (Å²) in [5.74, 6) is 0.272. The van der Waals surface area contributed by atoms with Crippen LogP contribution in [0.4, 0.5) is 0 Å². The molecule has 0 aliphatic carbocycles. The zero-order chi connectivity index (χ0) is 8.69. The molecule has 0 aliphatic heterocycles. The molecule has 3 heteroatoms. The van der Waals surface area contributed by atoms with Gasteiger partial charge in [-0.3, -0.25) is 0 Å². The second-order valence-corrected chi connectivity index (χ2v) is 2.84. The Bertz CT molecular complexity index is 83.4. The maximum atomic E-state index is 9.07. The molecule has 0 fully saturated rings. The van der Waals surface area contributed by atoms with E-state index in [2.05, 4.69) is 0 Å². The lowest BCUT2D eigenvalue weighted by Crippen LogP contribution is -2.15. The molecule has 2 atom stereocenters. The molecule has 0 aromatic heterocycles. The first kappa shape index (κ1) is 10.9. The van der Waals surface area contributed by atoms with Gasteiger partial charge in [-0.15, -0.1) is 0 Å². The Labute approximate surface area is 68.0 Å². The van der Waals surface area contributed by atoms with Gasteiger partial charge in [0.25, 0.3) is 0 Å². The Morgan fingerprint density at radius 2 is 1.91 bits per heavy atom. The third kappa shape index (κ3) is 6.28. The van der Waals surface area contributed by atoms with Crippen molar-refractivity contribution in [1.82, 2.24) is 0 Å². The van der Waals surface area contributed by atoms with E-state index in [4.69, 9.17) is 14.9 Å². The van der Waals surface area contributed by atoms with Crippen molar-refractivity contribution in [3.05, 3.63) is 0 Å². The fourth-order valence-corrected chi connectivity index (χ4v) is 0.677. The summed E-state index contributed by atoms with van der Waals surface area (Å²) in [7, 11) is 0. The summed E-state index contributed by atoms with van der Waals surface area (Å²) >= 11 is 0. The van der Waals surface area contributed by atoms with Gasteiger partial charge in [-0.25, -0.2) is 0 Å². The minimum atomic E-state index is -0.271. The van der Waals surface area contributed by atoms with Gasteiger partial charge in [0.2, 0.25) is 0 Å². The third-order valence-electron chi connectivity index (χ3n) is 1.78. The summed E-state index contributed by atoms with van der Waals surface area (Å²) in [5, 5.41) is 17.4. The SMILES string of the molecule is CC(O)C(C)CCOCCO. The van der Waals surface area contributed by atoms with Crippen LogP contribution in [-0.4, -0.2) is 36.1 Å². The highest BCUT2D eigenvalue weighted by Gasteiger charge is 2.07. The summed E-state index contributed by atoms with van der Waals surface area (Å²) in [6.45, 7) is 4.84. The topological polar surface area (TPSA) is 49.7 Å². The first-order valence-corrected chi connectivity index (χ1v) is 4.05. The van der Waals surface area contributed by atoms with Crippen LogP contribution in [0.2, 0.25) is 0 Å². The van der Waals surface area contributed by atoms with Crippen LogP contribution >= 0.6 is 0 Å². The Kier molecular flexibility index (Phi) is 6.51. The van der Waals surface area contributed by atoms with Crippen molar-refractivity contribution in [3.8, 4) is 0 Å². The van der Waals surface area contributed by atoms with Crippen LogP contribution in [0.25, 0.3) is 0 Å². The second kappa shape index (κ2) is 6.58. The average Bonchev–Trinajstić information content (AvgIpc) is 1.97. The van der Waals surface area contributed by atoms with Gasteiger partial charge in [0.05, 0.1) is 19.3 Å². The zero-order valence-corrected chi connectivity index (χ0v) is 7.29. The van der Waals surface area contributed by atoms with E-state index in [9.17, 15) is 0 Å². The molecule has 68 valence electrons. The minimum absolute atomic E-state index is 0.0725. The Balaban J connectivity index is 3.10. The van der Waals surface area contributed by atoms with Crippen LogP contribution in [0.1, 0.15) is 20.3 Å². The molecule has 0 heterocycles. The number of rotatable bonds is 6.